The molecule has 0 bridgehead atoms. The SMILES string of the molecule is C=CCNC(=O)c1nccnc1N=P(c1ccccc1)(c1ccccc1)c1ccccc1. The molecule has 0 aliphatic carbocycles. The maximum Gasteiger partial charge on any atom is 0.274 e. The van der Waals surface area contributed by atoms with Crippen molar-refractivity contribution in [2.24, 2.45) is 4.74 Å². The summed E-state index contributed by atoms with van der Waals surface area (Å²) < 4.78 is 5.28. The third kappa shape index (κ3) is 4.29. The van der Waals surface area contributed by atoms with E-state index in [-0.39, 0.29) is 11.6 Å². The van der Waals surface area contributed by atoms with Gasteiger partial charge in [-0.2, -0.15) is 0 Å². The van der Waals surface area contributed by atoms with Crippen molar-refractivity contribution >= 4 is 34.7 Å². The van der Waals surface area contributed by atoms with Crippen molar-refractivity contribution in [1.82, 2.24) is 15.3 Å². The summed E-state index contributed by atoms with van der Waals surface area (Å²) in [5.41, 5.74) is 0.196. The third-order valence-electron chi connectivity index (χ3n) is 4.94. The number of carbonyl (C=O) groups is 1. The first-order valence-electron chi connectivity index (χ1n) is 10.2. The molecule has 0 aliphatic heterocycles. The van der Waals surface area contributed by atoms with Crippen LogP contribution in [0.4, 0.5) is 5.82 Å². The molecule has 0 spiro atoms. The zero-order valence-electron chi connectivity index (χ0n) is 17.5. The lowest BCUT2D eigenvalue weighted by Gasteiger charge is -2.26. The van der Waals surface area contributed by atoms with E-state index in [1.165, 1.54) is 6.20 Å². The zero-order valence-corrected chi connectivity index (χ0v) is 18.4. The first kappa shape index (κ1) is 21.4. The van der Waals surface area contributed by atoms with E-state index >= 15 is 0 Å². The molecule has 0 aliphatic rings. The molecule has 1 heterocycles. The molecule has 1 amide bonds. The highest BCUT2D eigenvalue weighted by atomic mass is 31.2. The summed E-state index contributed by atoms with van der Waals surface area (Å²) >= 11 is 0. The van der Waals surface area contributed by atoms with E-state index in [2.05, 4.69) is 58.3 Å². The average Bonchev–Trinajstić information content (AvgIpc) is 2.87. The van der Waals surface area contributed by atoms with Gasteiger partial charge in [0.25, 0.3) is 5.91 Å². The quantitative estimate of drug-likeness (QED) is 0.347. The van der Waals surface area contributed by atoms with Crippen LogP contribution >= 0.6 is 7.05 Å². The molecule has 0 radical (unpaired) electrons. The summed E-state index contributed by atoms with van der Waals surface area (Å²) in [4.78, 5) is 21.6. The lowest BCUT2D eigenvalue weighted by atomic mass is 10.3. The molecule has 1 N–H and O–H groups in total. The Hall–Kier alpha value is -3.82. The first-order valence-corrected chi connectivity index (χ1v) is 12.0. The maximum atomic E-state index is 12.8. The first-order chi connectivity index (χ1) is 15.8. The molecule has 0 saturated carbocycles. The van der Waals surface area contributed by atoms with E-state index in [9.17, 15) is 4.79 Å². The predicted octanol–water partition coefficient (Wildman–Crippen LogP) is 4.20. The molecule has 0 atom stereocenters. The van der Waals surface area contributed by atoms with Crippen LogP contribution < -0.4 is 21.2 Å². The Bertz CT molecular complexity index is 1160. The Morgan fingerprint density at radius 1 is 0.812 bits per heavy atom. The molecular weight excluding hydrogens is 415 g/mol. The van der Waals surface area contributed by atoms with Crippen LogP contribution in [0.1, 0.15) is 10.5 Å². The van der Waals surface area contributed by atoms with Crippen molar-refractivity contribution in [2.45, 2.75) is 0 Å². The molecule has 5 nitrogen and oxygen atoms in total. The Morgan fingerprint density at radius 2 is 1.28 bits per heavy atom. The summed E-state index contributed by atoms with van der Waals surface area (Å²) in [6, 6.07) is 30.6. The highest BCUT2D eigenvalue weighted by Crippen LogP contribution is 2.49. The minimum absolute atomic E-state index is 0.196. The van der Waals surface area contributed by atoms with Crippen molar-refractivity contribution in [2.75, 3.05) is 6.54 Å². The minimum atomic E-state index is -2.55. The van der Waals surface area contributed by atoms with Gasteiger partial charge in [0, 0.05) is 34.9 Å². The fourth-order valence-corrected chi connectivity index (χ4v) is 6.99. The van der Waals surface area contributed by atoms with Crippen molar-refractivity contribution in [3.63, 3.8) is 0 Å². The van der Waals surface area contributed by atoms with Crippen molar-refractivity contribution in [3.05, 3.63) is 122 Å². The fourth-order valence-electron chi connectivity index (χ4n) is 3.51. The van der Waals surface area contributed by atoms with E-state index in [1.54, 1.807) is 12.3 Å². The number of nitrogens with one attached hydrogen (secondary N) is 1. The number of hydrogen-bond donors (Lipinski definition) is 1. The predicted molar refractivity (Wildman–Crippen MR) is 132 cm³/mol. The molecule has 1 aromatic heterocycles. The topological polar surface area (TPSA) is 67.2 Å². The van der Waals surface area contributed by atoms with E-state index in [0.29, 0.717) is 12.4 Å². The minimum Gasteiger partial charge on any atom is -0.347 e. The van der Waals surface area contributed by atoms with Crippen molar-refractivity contribution < 1.29 is 4.79 Å². The number of amides is 1. The second-order valence-electron chi connectivity index (χ2n) is 6.97. The Labute approximate surface area is 188 Å². The largest absolute Gasteiger partial charge is 0.347 e. The second-order valence-corrected chi connectivity index (χ2v) is 9.99. The number of hydrogen-bond acceptors (Lipinski definition) is 4. The number of nitrogens with zero attached hydrogens (tertiary/aromatic N) is 3. The van der Waals surface area contributed by atoms with Crippen LogP contribution in [0.2, 0.25) is 0 Å². The third-order valence-corrected chi connectivity index (χ3v) is 8.56. The fraction of sp³-hybridized carbons (Fsp3) is 0.0385. The second kappa shape index (κ2) is 9.99. The normalized spacial score (nSPS) is 10.9. The van der Waals surface area contributed by atoms with Crippen molar-refractivity contribution in [1.29, 1.82) is 0 Å². The highest BCUT2D eigenvalue weighted by molar-refractivity contribution is 7.87. The number of aromatic nitrogens is 2. The molecular formula is C26H23N4OP. The van der Waals surface area contributed by atoms with Crippen LogP contribution in [0.3, 0.4) is 0 Å². The summed E-state index contributed by atoms with van der Waals surface area (Å²) in [6.07, 6.45) is 4.70. The van der Waals surface area contributed by atoms with Gasteiger partial charge < -0.3 is 5.32 Å². The molecule has 0 saturated heterocycles. The lowest BCUT2D eigenvalue weighted by Crippen LogP contribution is -2.26. The number of rotatable bonds is 7. The molecule has 32 heavy (non-hydrogen) atoms. The van der Waals surface area contributed by atoms with Gasteiger partial charge in [-0.15, -0.1) is 6.58 Å². The highest BCUT2D eigenvalue weighted by Gasteiger charge is 2.29. The Balaban J connectivity index is 2.07. The Morgan fingerprint density at radius 3 is 1.75 bits per heavy atom. The summed E-state index contributed by atoms with van der Waals surface area (Å²) in [7, 11) is -2.55. The van der Waals surface area contributed by atoms with Crippen LogP contribution in [0.15, 0.2) is 121 Å². The van der Waals surface area contributed by atoms with Crippen LogP contribution in [0, 0.1) is 0 Å². The van der Waals surface area contributed by atoms with Gasteiger partial charge in [-0.25, -0.2) is 14.7 Å². The van der Waals surface area contributed by atoms with Gasteiger partial charge >= 0.3 is 0 Å². The van der Waals surface area contributed by atoms with Crippen LogP contribution in [-0.4, -0.2) is 22.4 Å². The molecule has 4 aromatic rings. The van der Waals surface area contributed by atoms with Gasteiger partial charge in [-0.05, 0) is 0 Å². The maximum absolute atomic E-state index is 12.8. The van der Waals surface area contributed by atoms with Gasteiger partial charge in [0.05, 0.1) is 7.05 Å². The average molecular weight is 438 g/mol. The standard InChI is InChI=1S/C26H23N4OP/c1-2-18-29-26(31)24-25(28-20-19-27-24)30-32(21-12-6-3-7-13-21,22-14-8-4-9-15-22)23-16-10-5-11-17-23/h2-17,19-20H,1,18H2,(H,29,31). The van der Waals surface area contributed by atoms with Crippen LogP contribution in [-0.2, 0) is 0 Å². The lowest BCUT2D eigenvalue weighted by molar-refractivity contribution is 0.0953. The molecule has 0 fully saturated rings. The van der Waals surface area contributed by atoms with E-state index in [0.717, 1.165) is 15.9 Å². The molecule has 158 valence electrons. The van der Waals surface area contributed by atoms with Gasteiger partial charge in [-0.3, -0.25) is 4.79 Å². The number of benzene rings is 3. The smallest absolute Gasteiger partial charge is 0.274 e. The molecule has 4 rings (SSSR count). The van der Waals surface area contributed by atoms with Gasteiger partial charge in [-0.1, -0.05) is 97.1 Å². The van der Waals surface area contributed by atoms with Crippen molar-refractivity contribution in [3.8, 4) is 0 Å². The van der Waals surface area contributed by atoms with E-state index < -0.39 is 7.05 Å². The molecule has 3 aromatic carbocycles. The van der Waals surface area contributed by atoms with E-state index in [4.69, 9.17) is 4.74 Å². The van der Waals surface area contributed by atoms with Gasteiger partial charge in [0.15, 0.2) is 11.5 Å². The summed E-state index contributed by atoms with van der Waals surface area (Å²) in [5, 5.41) is 6.00. The number of carbonyl (C=O) groups excluding carboxylic acids is 1. The Kier molecular flexibility index (Phi) is 6.69. The molecule has 6 heteroatoms. The zero-order chi connectivity index (χ0) is 22.2. The summed E-state index contributed by atoms with van der Waals surface area (Å²) in [6.45, 7) is 4.00. The monoisotopic (exact) mass is 438 g/mol. The summed E-state index contributed by atoms with van der Waals surface area (Å²) in [5.74, 6) is -0.0111. The van der Waals surface area contributed by atoms with Crippen LogP contribution in [0.25, 0.3) is 0 Å². The van der Waals surface area contributed by atoms with Gasteiger partial charge in [0.2, 0.25) is 0 Å². The van der Waals surface area contributed by atoms with Gasteiger partial charge in [0.1, 0.15) is 0 Å². The van der Waals surface area contributed by atoms with Crippen LogP contribution in [0.5, 0.6) is 0 Å². The van der Waals surface area contributed by atoms with E-state index in [1.807, 2.05) is 54.6 Å². The molecule has 0 unspecified atom stereocenters.